The molecule has 6 heteroatoms. The van der Waals surface area contributed by atoms with Crippen molar-refractivity contribution < 1.29 is 18.5 Å². The van der Waals surface area contributed by atoms with Crippen LogP contribution in [0.25, 0.3) is 0 Å². The molecule has 0 saturated heterocycles. The molecule has 0 aliphatic heterocycles. The molecule has 0 aromatic heterocycles. The van der Waals surface area contributed by atoms with E-state index in [-0.39, 0.29) is 13.2 Å². The van der Waals surface area contributed by atoms with Crippen molar-refractivity contribution >= 4 is 7.82 Å². The fraction of sp³-hybridized carbons (Fsp3) is 1.00. The molecule has 0 amide bonds. The zero-order valence-corrected chi connectivity index (χ0v) is 20.0. The molecule has 5 nitrogen and oxygen atoms in total. The first-order valence-corrected chi connectivity index (χ1v) is 13.4. The Kier molecular flexibility index (Phi) is 27.1. The van der Waals surface area contributed by atoms with Gasteiger partial charge in [-0.15, -0.1) is 0 Å². The smallest absolute Gasteiger partial charge is 0.330 e. The summed E-state index contributed by atoms with van der Waals surface area (Å²) in [5.74, 6) is 0. The Hall–Kier alpha value is 0.0700. The highest BCUT2D eigenvalue weighted by molar-refractivity contribution is 7.47. The van der Waals surface area contributed by atoms with Crippen LogP contribution in [0.2, 0.25) is 0 Å². The van der Waals surface area contributed by atoms with Gasteiger partial charge < -0.3 is 10.6 Å². The van der Waals surface area contributed by atoms with Crippen LogP contribution in [0.5, 0.6) is 0 Å². The largest absolute Gasteiger partial charge is 0.472 e. The van der Waals surface area contributed by atoms with E-state index in [1.165, 1.54) is 77.0 Å². The molecular weight excluding hydrogens is 373 g/mol. The molecule has 0 aromatic rings. The molecule has 0 aliphatic rings. The van der Waals surface area contributed by atoms with E-state index in [1.807, 2.05) is 13.8 Å². The van der Waals surface area contributed by atoms with Gasteiger partial charge in [0.25, 0.3) is 0 Å². The first kappa shape index (κ1) is 30.3. The van der Waals surface area contributed by atoms with Gasteiger partial charge in [-0.1, -0.05) is 104 Å². The average Bonchev–Trinajstić information content (AvgIpc) is 2.67. The summed E-state index contributed by atoms with van der Waals surface area (Å²) in [5, 5.41) is 0. The van der Waals surface area contributed by atoms with Crippen molar-refractivity contribution in [1.29, 1.82) is 0 Å². The zero-order valence-electron chi connectivity index (χ0n) is 19.1. The fourth-order valence-corrected chi connectivity index (χ4v) is 3.47. The number of phosphoric ester groups is 1. The fourth-order valence-electron chi connectivity index (χ4n) is 2.67. The summed E-state index contributed by atoms with van der Waals surface area (Å²) in [6.45, 7) is 7.71. The molecule has 0 fully saturated rings. The van der Waals surface area contributed by atoms with E-state index in [0.717, 1.165) is 32.2 Å². The maximum atomic E-state index is 11.1. The molecule has 0 atom stereocenters. The third-order valence-electron chi connectivity index (χ3n) is 4.56. The molecule has 0 spiro atoms. The van der Waals surface area contributed by atoms with E-state index in [9.17, 15) is 4.57 Å². The van der Waals surface area contributed by atoms with Crippen molar-refractivity contribution in [2.45, 2.75) is 124 Å². The Bertz CT molecular complexity index is 304. The van der Waals surface area contributed by atoms with Crippen LogP contribution in [-0.4, -0.2) is 24.7 Å². The second-order valence-corrected chi connectivity index (χ2v) is 8.97. The summed E-state index contributed by atoms with van der Waals surface area (Å²) in [7, 11) is -3.75. The Labute approximate surface area is 175 Å². The molecule has 0 aliphatic carbocycles. The summed E-state index contributed by atoms with van der Waals surface area (Å²) in [6.07, 6.45) is 20.3. The Morgan fingerprint density at radius 3 is 1.25 bits per heavy atom. The number of rotatable bonds is 20. The van der Waals surface area contributed by atoms with Gasteiger partial charge in [0.05, 0.1) is 13.2 Å². The zero-order chi connectivity index (χ0) is 21.3. The molecule has 0 rings (SSSR count). The van der Waals surface area contributed by atoms with Crippen LogP contribution < -0.4 is 5.73 Å². The maximum absolute atomic E-state index is 11.1. The Balaban J connectivity index is 0. The van der Waals surface area contributed by atoms with E-state index in [1.54, 1.807) is 0 Å². The third-order valence-corrected chi connectivity index (χ3v) is 5.58. The number of nitrogens with two attached hydrogens (primary N) is 1. The standard InChI is InChI=1S/C14H31N.C8H19O4P/c1-2-3-4-5-6-7-8-9-10-11-12-13-14-15;1-3-5-7-11-13(9,10)12-8-6-4-2/h2-15H2,1H3;3-8H2,1-2H3,(H,9,10). The van der Waals surface area contributed by atoms with E-state index in [2.05, 4.69) is 6.92 Å². The van der Waals surface area contributed by atoms with E-state index < -0.39 is 7.82 Å². The van der Waals surface area contributed by atoms with Crippen molar-refractivity contribution in [2.75, 3.05) is 19.8 Å². The van der Waals surface area contributed by atoms with Gasteiger partial charge in [0.15, 0.2) is 0 Å². The molecule has 0 radical (unpaired) electrons. The summed E-state index contributed by atoms with van der Waals surface area (Å²) >= 11 is 0. The van der Waals surface area contributed by atoms with Crippen molar-refractivity contribution in [3.8, 4) is 0 Å². The van der Waals surface area contributed by atoms with Crippen LogP contribution in [0.1, 0.15) is 124 Å². The first-order chi connectivity index (χ1) is 13.5. The van der Waals surface area contributed by atoms with Gasteiger partial charge in [0.1, 0.15) is 0 Å². The summed E-state index contributed by atoms with van der Waals surface area (Å²) in [5.41, 5.74) is 5.45. The molecule has 3 N–H and O–H groups in total. The van der Waals surface area contributed by atoms with Crippen molar-refractivity contribution in [3.05, 3.63) is 0 Å². The highest BCUT2D eigenvalue weighted by Gasteiger charge is 2.19. The summed E-state index contributed by atoms with van der Waals surface area (Å²) in [4.78, 5) is 9.08. The van der Waals surface area contributed by atoms with Gasteiger partial charge in [-0.25, -0.2) is 4.57 Å². The van der Waals surface area contributed by atoms with Crippen molar-refractivity contribution in [3.63, 3.8) is 0 Å². The lowest BCUT2D eigenvalue weighted by Gasteiger charge is -2.10. The van der Waals surface area contributed by atoms with E-state index >= 15 is 0 Å². The van der Waals surface area contributed by atoms with Gasteiger partial charge >= 0.3 is 7.82 Å². The van der Waals surface area contributed by atoms with Crippen LogP contribution in [-0.2, 0) is 13.6 Å². The van der Waals surface area contributed by atoms with Crippen LogP contribution in [0.3, 0.4) is 0 Å². The van der Waals surface area contributed by atoms with Gasteiger partial charge in [-0.2, -0.15) is 0 Å². The lowest BCUT2D eigenvalue weighted by atomic mass is 10.1. The molecule has 0 heterocycles. The highest BCUT2D eigenvalue weighted by Crippen LogP contribution is 2.43. The SMILES string of the molecule is CCCCCCCCCCCCCCN.CCCCOP(=O)(O)OCCCC. The van der Waals surface area contributed by atoms with Crippen LogP contribution in [0, 0.1) is 0 Å². The van der Waals surface area contributed by atoms with Gasteiger partial charge in [-0.3, -0.25) is 9.05 Å². The number of hydrogen-bond acceptors (Lipinski definition) is 4. The van der Waals surface area contributed by atoms with Crippen LogP contribution >= 0.6 is 7.82 Å². The lowest BCUT2D eigenvalue weighted by molar-refractivity contribution is 0.146. The Morgan fingerprint density at radius 1 is 0.607 bits per heavy atom. The van der Waals surface area contributed by atoms with Gasteiger partial charge in [0.2, 0.25) is 0 Å². The molecule has 172 valence electrons. The second-order valence-electron chi connectivity index (χ2n) is 7.52. The minimum atomic E-state index is -3.75. The number of phosphoric acid groups is 1. The lowest BCUT2D eigenvalue weighted by Crippen LogP contribution is -1.98. The predicted molar refractivity (Wildman–Crippen MR) is 122 cm³/mol. The van der Waals surface area contributed by atoms with E-state index in [0.29, 0.717) is 0 Å². The minimum Gasteiger partial charge on any atom is -0.330 e. The molecule has 0 saturated carbocycles. The molecule has 0 unspecified atom stereocenters. The van der Waals surface area contributed by atoms with E-state index in [4.69, 9.17) is 19.7 Å². The minimum absolute atomic E-state index is 0.288. The summed E-state index contributed by atoms with van der Waals surface area (Å²) in [6, 6.07) is 0. The van der Waals surface area contributed by atoms with Crippen molar-refractivity contribution in [2.24, 2.45) is 5.73 Å². The average molecular weight is 424 g/mol. The first-order valence-electron chi connectivity index (χ1n) is 11.9. The van der Waals surface area contributed by atoms with Crippen LogP contribution in [0.15, 0.2) is 0 Å². The second kappa shape index (κ2) is 25.1. The van der Waals surface area contributed by atoms with Gasteiger partial charge in [-0.05, 0) is 25.8 Å². The Morgan fingerprint density at radius 2 is 0.929 bits per heavy atom. The van der Waals surface area contributed by atoms with Crippen molar-refractivity contribution in [1.82, 2.24) is 0 Å². The molecule has 28 heavy (non-hydrogen) atoms. The predicted octanol–water partition coefficient (Wildman–Crippen LogP) is 7.37. The number of unbranched alkanes of at least 4 members (excludes halogenated alkanes) is 13. The topological polar surface area (TPSA) is 81.8 Å². The summed E-state index contributed by atoms with van der Waals surface area (Å²) < 4.78 is 20.5. The third kappa shape index (κ3) is 28.3. The number of hydrogen-bond donors (Lipinski definition) is 2. The maximum Gasteiger partial charge on any atom is 0.472 e. The normalized spacial score (nSPS) is 11.3. The molecular formula is C22H50NO4P. The molecule has 0 bridgehead atoms. The van der Waals surface area contributed by atoms with Gasteiger partial charge in [0, 0.05) is 0 Å². The monoisotopic (exact) mass is 423 g/mol. The quantitative estimate of drug-likeness (QED) is 0.158. The molecule has 0 aromatic carbocycles. The highest BCUT2D eigenvalue weighted by atomic mass is 31.2. The van der Waals surface area contributed by atoms with Crippen LogP contribution in [0.4, 0.5) is 0 Å².